The van der Waals surface area contributed by atoms with Crippen molar-refractivity contribution in [1.82, 2.24) is 4.90 Å². The van der Waals surface area contributed by atoms with Gasteiger partial charge >= 0.3 is 12.1 Å². The zero-order valence-electron chi connectivity index (χ0n) is 11.0. The summed E-state index contributed by atoms with van der Waals surface area (Å²) in [5.74, 6) is -0.853. The second-order valence-corrected chi connectivity index (χ2v) is 6.38. The predicted molar refractivity (Wildman–Crippen MR) is 64.0 cm³/mol. The first-order valence-electron chi connectivity index (χ1n) is 6.07. The normalized spacial score (nSPS) is 28.8. The van der Waals surface area contributed by atoms with Crippen LogP contribution in [0.2, 0.25) is 0 Å². The highest BCUT2D eigenvalue weighted by Gasteiger charge is 2.76. The van der Waals surface area contributed by atoms with E-state index in [1.807, 2.05) is 0 Å². The highest BCUT2D eigenvalue weighted by molar-refractivity contribution is 5.82. The number of ether oxygens (including phenoxy) is 1. The van der Waals surface area contributed by atoms with Crippen LogP contribution in [0.4, 0.5) is 4.79 Å². The molecule has 2 aliphatic rings. The van der Waals surface area contributed by atoms with E-state index in [-0.39, 0.29) is 18.1 Å². The first-order valence-corrected chi connectivity index (χ1v) is 6.07. The molecule has 6 nitrogen and oxygen atoms in total. The molecule has 6 heteroatoms. The van der Waals surface area contributed by atoms with Gasteiger partial charge in [-0.15, -0.1) is 0 Å². The van der Waals surface area contributed by atoms with E-state index in [1.165, 1.54) is 0 Å². The SMILES string of the molecule is CC(C)(C)OC(=O)N1CC2(C1)CC2(CN)C(=O)O. The van der Waals surface area contributed by atoms with Gasteiger partial charge in [-0.1, -0.05) is 0 Å². The second-order valence-electron chi connectivity index (χ2n) is 6.38. The van der Waals surface area contributed by atoms with Gasteiger partial charge in [-0.25, -0.2) is 4.79 Å². The van der Waals surface area contributed by atoms with Gasteiger partial charge in [-0.3, -0.25) is 4.79 Å². The van der Waals surface area contributed by atoms with Crippen LogP contribution in [0, 0.1) is 10.8 Å². The van der Waals surface area contributed by atoms with Crippen LogP contribution in [0.3, 0.4) is 0 Å². The fourth-order valence-corrected chi connectivity index (χ4v) is 2.77. The van der Waals surface area contributed by atoms with Crippen LogP contribution >= 0.6 is 0 Å². The molecule has 102 valence electrons. The number of carboxylic acids is 1. The maximum Gasteiger partial charge on any atom is 0.410 e. The Bertz CT molecular complexity index is 395. The highest BCUT2D eigenvalue weighted by atomic mass is 16.6. The molecule has 0 aromatic heterocycles. The van der Waals surface area contributed by atoms with Gasteiger partial charge in [0.25, 0.3) is 0 Å². The molecule has 0 bridgehead atoms. The zero-order valence-corrected chi connectivity index (χ0v) is 11.0. The van der Waals surface area contributed by atoms with E-state index in [2.05, 4.69) is 0 Å². The van der Waals surface area contributed by atoms with Crippen molar-refractivity contribution in [3.05, 3.63) is 0 Å². The van der Waals surface area contributed by atoms with E-state index in [4.69, 9.17) is 10.5 Å². The maximum atomic E-state index is 11.8. The van der Waals surface area contributed by atoms with Crippen LogP contribution in [-0.4, -0.2) is 47.3 Å². The molecule has 1 saturated carbocycles. The zero-order chi connectivity index (χ0) is 13.8. The summed E-state index contributed by atoms with van der Waals surface area (Å²) < 4.78 is 5.23. The number of nitrogens with two attached hydrogens (primary N) is 1. The molecule has 1 atom stereocenters. The lowest BCUT2D eigenvalue weighted by Gasteiger charge is -2.42. The minimum atomic E-state index is -0.853. The molecule has 2 fully saturated rings. The number of carboxylic acid groups (broad SMARTS) is 1. The summed E-state index contributed by atoms with van der Waals surface area (Å²) in [6.07, 6.45) is 0.182. The Kier molecular flexibility index (Phi) is 2.63. The summed E-state index contributed by atoms with van der Waals surface area (Å²) in [5, 5.41) is 9.20. The number of aliphatic carboxylic acids is 1. The summed E-state index contributed by atoms with van der Waals surface area (Å²) in [6, 6.07) is 0. The molecule has 1 heterocycles. The van der Waals surface area contributed by atoms with Crippen LogP contribution in [0.25, 0.3) is 0 Å². The van der Waals surface area contributed by atoms with Crippen LogP contribution in [-0.2, 0) is 9.53 Å². The van der Waals surface area contributed by atoms with Gasteiger partial charge < -0.3 is 20.5 Å². The fourth-order valence-electron chi connectivity index (χ4n) is 2.77. The Labute approximate surface area is 106 Å². The Morgan fingerprint density at radius 2 is 1.94 bits per heavy atom. The summed E-state index contributed by atoms with van der Waals surface area (Å²) >= 11 is 0. The number of hydrogen-bond acceptors (Lipinski definition) is 4. The number of hydrogen-bond donors (Lipinski definition) is 2. The van der Waals surface area contributed by atoms with Gasteiger partial charge in [-0.05, 0) is 27.2 Å². The summed E-state index contributed by atoms with van der Waals surface area (Å²) in [4.78, 5) is 24.5. The summed E-state index contributed by atoms with van der Waals surface area (Å²) in [6.45, 7) is 6.42. The molecule has 1 spiro atoms. The van der Waals surface area contributed by atoms with Crippen molar-refractivity contribution in [2.45, 2.75) is 32.8 Å². The van der Waals surface area contributed by atoms with Crippen LogP contribution < -0.4 is 5.73 Å². The van der Waals surface area contributed by atoms with Crippen LogP contribution in [0.5, 0.6) is 0 Å². The Morgan fingerprint density at radius 3 is 2.28 bits per heavy atom. The Balaban J connectivity index is 1.93. The van der Waals surface area contributed by atoms with Crippen molar-refractivity contribution in [2.75, 3.05) is 19.6 Å². The van der Waals surface area contributed by atoms with Gasteiger partial charge in [0.2, 0.25) is 0 Å². The van der Waals surface area contributed by atoms with Crippen molar-refractivity contribution in [3.8, 4) is 0 Å². The number of likely N-dealkylation sites (tertiary alicyclic amines) is 1. The largest absolute Gasteiger partial charge is 0.481 e. The molecule has 1 aliphatic carbocycles. The first kappa shape index (κ1) is 13.1. The lowest BCUT2D eigenvalue weighted by molar-refractivity contribution is -0.146. The minimum Gasteiger partial charge on any atom is -0.481 e. The van der Waals surface area contributed by atoms with E-state index in [9.17, 15) is 14.7 Å². The number of rotatable bonds is 2. The molecule has 1 aliphatic heterocycles. The highest BCUT2D eigenvalue weighted by Crippen LogP contribution is 2.68. The monoisotopic (exact) mass is 256 g/mol. The Hall–Kier alpha value is -1.30. The van der Waals surface area contributed by atoms with Gasteiger partial charge in [0.1, 0.15) is 5.60 Å². The third-order valence-corrected chi connectivity index (χ3v) is 3.93. The van der Waals surface area contributed by atoms with E-state index in [0.29, 0.717) is 19.5 Å². The van der Waals surface area contributed by atoms with E-state index < -0.39 is 17.0 Å². The third kappa shape index (κ3) is 1.75. The minimum absolute atomic E-state index is 0.129. The average molecular weight is 256 g/mol. The molecular weight excluding hydrogens is 236 g/mol. The summed E-state index contributed by atoms with van der Waals surface area (Å²) in [7, 11) is 0. The number of carbonyl (C=O) groups is 2. The lowest BCUT2D eigenvalue weighted by Crippen LogP contribution is -2.56. The van der Waals surface area contributed by atoms with Crippen molar-refractivity contribution < 1.29 is 19.4 Å². The second kappa shape index (κ2) is 3.60. The molecule has 1 unspecified atom stereocenters. The predicted octanol–water partition coefficient (Wildman–Crippen LogP) is 0.657. The van der Waals surface area contributed by atoms with Gasteiger partial charge in [0, 0.05) is 25.0 Å². The molecule has 1 amide bonds. The van der Waals surface area contributed by atoms with Crippen molar-refractivity contribution in [1.29, 1.82) is 0 Å². The number of carbonyl (C=O) groups excluding carboxylic acids is 1. The molecule has 3 N–H and O–H groups in total. The third-order valence-electron chi connectivity index (χ3n) is 3.93. The quantitative estimate of drug-likeness (QED) is 0.757. The molecule has 0 aromatic rings. The molecule has 18 heavy (non-hydrogen) atoms. The van der Waals surface area contributed by atoms with Crippen LogP contribution in [0.15, 0.2) is 0 Å². The molecule has 1 saturated heterocycles. The Morgan fingerprint density at radius 1 is 1.39 bits per heavy atom. The van der Waals surface area contributed by atoms with Crippen molar-refractivity contribution >= 4 is 12.1 Å². The van der Waals surface area contributed by atoms with Gasteiger partial charge in [0.15, 0.2) is 0 Å². The fraction of sp³-hybridized carbons (Fsp3) is 0.833. The maximum absolute atomic E-state index is 11.8. The molecule has 0 radical (unpaired) electrons. The van der Waals surface area contributed by atoms with Crippen molar-refractivity contribution in [3.63, 3.8) is 0 Å². The first-order chi connectivity index (χ1) is 8.16. The number of nitrogens with zero attached hydrogens (tertiary/aromatic N) is 1. The molecular formula is C12H20N2O4. The van der Waals surface area contributed by atoms with Crippen molar-refractivity contribution in [2.24, 2.45) is 16.6 Å². The van der Waals surface area contributed by atoms with Gasteiger partial charge in [0.05, 0.1) is 5.41 Å². The molecule has 0 aromatic carbocycles. The average Bonchev–Trinajstić information content (AvgIpc) is 2.82. The van der Waals surface area contributed by atoms with E-state index in [1.54, 1.807) is 25.7 Å². The lowest BCUT2D eigenvalue weighted by atomic mass is 9.86. The molecule has 2 rings (SSSR count). The standard InChI is InChI=1S/C12H20N2O4/c1-10(2,3)18-9(17)14-6-11(7-14)4-12(11,5-13)8(15)16/h4-7,13H2,1-3H3,(H,15,16). The smallest absolute Gasteiger partial charge is 0.410 e. The summed E-state index contributed by atoms with van der Waals surface area (Å²) in [5.41, 5.74) is 3.89. The van der Waals surface area contributed by atoms with Gasteiger partial charge in [-0.2, -0.15) is 0 Å². The topological polar surface area (TPSA) is 92.9 Å². The van der Waals surface area contributed by atoms with E-state index >= 15 is 0 Å². The number of amides is 1. The van der Waals surface area contributed by atoms with Crippen LogP contribution in [0.1, 0.15) is 27.2 Å². The van der Waals surface area contributed by atoms with E-state index in [0.717, 1.165) is 0 Å².